The minimum absolute atomic E-state index is 0.00152. The van der Waals surface area contributed by atoms with Crippen molar-refractivity contribution < 1.29 is 24.2 Å². The molecule has 1 atom stereocenters. The van der Waals surface area contributed by atoms with Crippen LogP contribution in [0.4, 0.5) is 0 Å². The van der Waals surface area contributed by atoms with Crippen LogP contribution in [0.1, 0.15) is 68.5 Å². The fraction of sp³-hybridized carbons (Fsp3) is 0.333. The van der Waals surface area contributed by atoms with Crippen molar-refractivity contribution in [2.45, 2.75) is 65.6 Å². The van der Waals surface area contributed by atoms with Gasteiger partial charge in [0.15, 0.2) is 0 Å². The lowest BCUT2D eigenvalue weighted by atomic mass is 9.84. The summed E-state index contributed by atoms with van der Waals surface area (Å²) in [6.07, 6.45) is -0.00152. The highest BCUT2D eigenvalue weighted by molar-refractivity contribution is 6.46. The molecule has 1 aliphatic heterocycles. The second-order valence-electron chi connectivity index (χ2n) is 11.3. The fourth-order valence-electron chi connectivity index (χ4n) is 4.88. The third-order valence-corrected chi connectivity index (χ3v) is 6.93. The molecular weight excluding hydrogens is 490 g/mol. The minimum atomic E-state index is -0.799. The van der Waals surface area contributed by atoms with E-state index < -0.39 is 17.7 Å². The van der Waals surface area contributed by atoms with Gasteiger partial charge in [0, 0.05) is 12.1 Å². The molecule has 0 saturated carbocycles. The molecule has 1 amide bonds. The number of aryl methyl sites for hydroxylation is 1. The van der Waals surface area contributed by atoms with Crippen molar-refractivity contribution >= 4 is 17.4 Å². The fourth-order valence-corrected chi connectivity index (χ4v) is 4.88. The maximum absolute atomic E-state index is 13.6. The largest absolute Gasteiger partial charge is 0.507 e. The van der Waals surface area contributed by atoms with Crippen LogP contribution in [0.25, 0.3) is 5.76 Å². The lowest BCUT2D eigenvalue weighted by molar-refractivity contribution is -0.140. The molecule has 1 aliphatic rings. The lowest BCUT2D eigenvalue weighted by Crippen LogP contribution is -2.29. The molecule has 1 heterocycles. The van der Waals surface area contributed by atoms with E-state index in [1.54, 1.807) is 19.2 Å². The Morgan fingerprint density at radius 3 is 2.33 bits per heavy atom. The van der Waals surface area contributed by atoms with Crippen LogP contribution in [0.2, 0.25) is 0 Å². The molecule has 0 bridgehead atoms. The predicted octanol–water partition coefficient (Wildman–Crippen LogP) is 6.71. The molecule has 0 spiro atoms. The smallest absolute Gasteiger partial charge is 0.295 e. The average molecular weight is 528 g/mol. The number of carbonyl (C=O) groups is 2. The number of nitrogens with zero attached hydrogens (tertiary/aromatic N) is 1. The molecule has 6 nitrogen and oxygen atoms in total. The Morgan fingerprint density at radius 2 is 1.67 bits per heavy atom. The number of hydrogen-bond acceptors (Lipinski definition) is 5. The van der Waals surface area contributed by atoms with Crippen molar-refractivity contribution in [2.24, 2.45) is 0 Å². The quantitative estimate of drug-likeness (QED) is 0.210. The van der Waals surface area contributed by atoms with Gasteiger partial charge in [-0.15, -0.1) is 0 Å². The maximum Gasteiger partial charge on any atom is 0.295 e. The summed E-state index contributed by atoms with van der Waals surface area (Å²) < 4.78 is 11.3. The molecule has 1 fully saturated rings. The Bertz CT molecular complexity index is 1430. The van der Waals surface area contributed by atoms with Crippen LogP contribution in [0.15, 0.2) is 72.3 Å². The van der Waals surface area contributed by atoms with Crippen LogP contribution < -0.4 is 9.47 Å². The summed E-state index contributed by atoms with van der Waals surface area (Å²) in [4.78, 5) is 28.6. The Hall–Kier alpha value is -4.06. The number of likely N-dealkylation sites (tertiary alicyclic amines) is 1. The molecule has 3 aromatic rings. The van der Waals surface area contributed by atoms with Gasteiger partial charge < -0.3 is 19.5 Å². The van der Waals surface area contributed by atoms with Crippen LogP contribution in [0.5, 0.6) is 11.5 Å². The van der Waals surface area contributed by atoms with E-state index in [2.05, 4.69) is 20.8 Å². The monoisotopic (exact) mass is 527 g/mol. The standard InChI is InChI=1S/C33H37NO5/c1-20(2)39-26-13-8-10-22(16-26)19-34-29(23-11-9-12-25(17-23)38-7)28(31(36)32(34)37)30(35)27-18-24(33(4,5)6)15-14-21(27)3/h8-18,20,29,35H,19H2,1-7H3/b30-28+. The van der Waals surface area contributed by atoms with Gasteiger partial charge in [0.1, 0.15) is 17.3 Å². The Kier molecular flexibility index (Phi) is 7.86. The predicted molar refractivity (Wildman–Crippen MR) is 153 cm³/mol. The molecule has 0 radical (unpaired) electrons. The first-order valence-electron chi connectivity index (χ1n) is 13.2. The molecule has 1 unspecified atom stereocenters. The summed E-state index contributed by atoms with van der Waals surface area (Å²) in [5.74, 6) is -0.272. The molecular formula is C33H37NO5. The van der Waals surface area contributed by atoms with Crippen LogP contribution in [0.3, 0.4) is 0 Å². The zero-order valence-electron chi connectivity index (χ0n) is 23.7. The number of aliphatic hydroxyl groups excluding tert-OH is 1. The van der Waals surface area contributed by atoms with Crippen LogP contribution in [0, 0.1) is 6.92 Å². The second-order valence-corrected chi connectivity index (χ2v) is 11.3. The molecule has 4 rings (SSSR count). The number of ketones is 1. The van der Waals surface area contributed by atoms with Crippen LogP contribution in [-0.4, -0.2) is 34.9 Å². The number of aliphatic hydroxyl groups is 1. The minimum Gasteiger partial charge on any atom is -0.507 e. The van der Waals surface area contributed by atoms with Gasteiger partial charge in [-0.1, -0.05) is 57.2 Å². The third-order valence-electron chi connectivity index (χ3n) is 6.93. The van der Waals surface area contributed by atoms with Crippen molar-refractivity contribution in [2.75, 3.05) is 7.11 Å². The van der Waals surface area contributed by atoms with Crippen molar-refractivity contribution in [3.05, 3.63) is 100 Å². The number of ether oxygens (including phenoxy) is 2. The van der Waals surface area contributed by atoms with Crippen molar-refractivity contribution in [1.82, 2.24) is 4.90 Å². The summed E-state index contributed by atoms with van der Waals surface area (Å²) in [6, 6.07) is 19.8. The molecule has 6 heteroatoms. The van der Waals surface area contributed by atoms with E-state index in [9.17, 15) is 14.7 Å². The summed E-state index contributed by atoms with van der Waals surface area (Å²) in [7, 11) is 1.57. The molecule has 1 N–H and O–H groups in total. The van der Waals surface area contributed by atoms with Crippen molar-refractivity contribution in [3.8, 4) is 11.5 Å². The van der Waals surface area contributed by atoms with E-state index in [-0.39, 0.29) is 29.4 Å². The number of carbonyl (C=O) groups excluding carboxylic acids is 2. The van der Waals surface area contributed by atoms with Crippen LogP contribution >= 0.6 is 0 Å². The van der Waals surface area contributed by atoms with Gasteiger partial charge in [-0.2, -0.15) is 0 Å². The molecule has 204 valence electrons. The lowest BCUT2D eigenvalue weighted by Gasteiger charge is -2.26. The van der Waals surface area contributed by atoms with E-state index >= 15 is 0 Å². The Morgan fingerprint density at radius 1 is 0.974 bits per heavy atom. The number of amides is 1. The highest BCUT2D eigenvalue weighted by atomic mass is 16.5. The highest BCUT2D eigenvalue weighted by Gasteiger charge is 2.46. The number of methoxy groups -OCH3 is 1. The Labute approximate surface area is 230 Å². The molecule has 3 aromatic carbocycles. The van der Waals surface area contributed by atoms with Gasteiger partial charge in [0.05, 0.1) is 24.8 Å². The van der Waals surface area contributed by atoms with E-state index in [0.29, 0.717) is 22.6 Å². The normalized spacial score (nSPS) is 17.1. The van der Waals surface area contributed by atoms with Gasteiger partial charge in [0.25, 0.3) is 11.7 Å². The molecule has 39 heavy (non-hydrogen) atoms. The number of hydrogen-bond donors (Lipinski definition) is 1. The summed E-state index contributed by atoms with van der Waals surface area (Å²) in [6.45, 7) is 12.2. The topological polar surface area (TPSA) is 76.1 Å². The zero-order chi connectivity index (χ0) is 28.5. The van der Waals surface area contributed by atoms with Gasteiger partial charge in [-0.25, -0.2) is 0 Å². The zero-order valence-corrected chi connectivity index (χ0v) is 23.7. The number of Topliss-reactive ketones (excluding diaryl/α,β-unsaturated/α-hetero) is 1. The molecule has 1 saturated heterocycles. The average Bonchev–Trinajstić information content (AvgIpc) is 3.12. The molecule has 0 aromatic heterocycles. The number of rotatable bonds is 7. The van der Waals surface area contributed by atoms with Gasteiger partial charge >= 0.3 is 0 Å². The third kappa shape index (κ3) is 5.85. The van der Waals surface area contributed by atoms with Crippen molar-refractivity contribution in [1.29, 1.82) is 0 Å². The summed E-state index contributed by atoms with van der Waals surface area (Å²) in [5.41, 5.74) is 3.77. The number of benzene rings is 3. The summed E-state index contributed by atoms with van der Waals surface area (Å²) >= 11 is 0. The van der Waals surface area contributed by atoms with E-state index in [0.717, 1.165) is 16.7 Å². The van der Waals surface area contributed by atoms with Gasteiger partial charge in [-0.05, 0) is 78.8 Å². The van der Waals surface area contributed by atoms with E-state index in [4.69, 9.17) is 9.47 Å². The summed E-state index contributed by atoms with van der Waals surface area (Å²) in [5, 5.41) is 11.7. The van der Waals surface area contributed by atoms with Gasteiger partial charge in [-0.3, -0.25) is 9.59 Å². The SMILES string of the molecule is COc1cccc(C2/C(=C(\O)c3cc(C(C)(C)C)ccc3C)C(=O)C(=O)N2Cc2cccc(OC(C)C)c2)c1. The highest BCUT2D eigenvalue weighted by Crippen LogP contribution is 2.42. The van der Waals surface area contributed by atoms with E-state index in [1.807, 2.05) is 75.4 Å². The maximum atomic E-state index is 13.6. The first kappa shape index (κ1) is 28.0. The van der Waals surface area contributed by atoms with Crippen LogP contribution in [-0.2, 0) is 21.5 Å². The van der Waals surface area contributed by atoms with E-state index in [1.165, 1.54) is 4.90 Å². The second kappa shape index (κ2) is 11.0. The van der Waals surface area contributed by atoms with Gasteiger partial charge in [0.2, 0.25) is 0 Å². The first-order valence-corrected chi connectivity index (χ1v) is 13.2. The molecule has 0 aliphatic carbocycles. The van der Waals surface area contributed by atoms with Crippen molar-refractivity contribution in [3.63, 3.8) is 0 Å². The Balaban J connectivity index is 1.88. The first-order chi connectivity index (χ1) is 18.4.